The lowest BCUT2D eigenvalue weighted by atomic mass is 10.2. The molecule has 0 atom stereocenters. The molecule has 568 valence electrons. The highest BCUT2D eigenvalue weighted by molar-refractivity contribution is 6.02. The second-order valence-electron chi connectivity index (χ2n) is 20.3. The maximum atomic E-state index is 11.7. The number of ether oxygens (including phenoxy) is 24. The van der Waals surface area contributed by atoms with Gasteiger partial charge in [0, 0.05) is 38.9 Å². The van der Waals surface area contributed by atoms with E-state index in [1.807, 2.05) is 0 Å². The van der Waals surface area contributed by atoms with Crippen LogP contribution in [0.1, 0.15) is 57.8 Å². The number of carbonyl (C=O) groups is 6. The molecule has 0 aromatic heterocycles. The summed E-state index contributed by atoms with van der Waals surface area (Å²) in [5.41, 5.74) is 0. The van der Waals surface area contributed by atoms with E-state index in [4.69, 9.17) is 123 Å². The van der Waals surface area contributed by atoms with Gasteiger partial charge in [0.15, 0.2) is 0 Å². The van der Waals surface area contributed by atoms with Gasteiger partial charge in [-0.1, -0.05) is 0 Å². The van der Waals surface area contributed by atoms with Crippen LogP contribution < -0.4 is 0 Å². The number of unbranched alkanes of at least 4 members (excludes halogenated alkanes) is 2. The molecule has 2 saturated heterocycles. The fourth-order valence-corrected chi connectivity index (χ4v) is 7.55. The van der Waals surface area contributed by atoms with Gasteiger partial charge in [0.05, 0.1) is 317 Å². The zero-order valence-electron chi connectivity index (χ0n) is 57.3. The number of nitrogens with zero attached hydrogens (tertiary/aromatic N) is 2. The minimum atomic E-state index is -0.707. The Morgan fingerprint density at radius 3 is 0.454 bits per heavy atom. The number of hydrogen-bond acceptors (Lipinski definition) is 32. The van der Waals surface area contributed by atoms with Gasteiger partial charge < -0.3 is 123 Å². The van der Waals surface area contributed by atoms with Gasteiger partial charge in [-0.25, -0.2) is 9.59 Å². The Bertz CT molecular complexity index is 1660. The zero-order chi connectivity index (χ0) is 69.3. The number of hydrogen-bond donors (Lipinski definition) is 0. The van der Waals surface area contributed by atoms with Crippen molar-refractivity contribution < 1.29 is 152 Å². The van der Waals surface area contributed by atoms with Crippen LogP contribution in [0, 0.1) is 0 Å². The first-order valence-corrected chi connectivity index (χ1v) is 33.9. The van der Waals surface area contributed by atoms with Crippen LogP contribution in [0.2, 0.25) is 0 Å². The molecule has 0 spiro atoms. The summed E-state index contributed by atoms with van der Waals surface area (Å²) >= 11 is 0. The molecule has 0 bridgehead atoms. The second kappa shape index (κ2) is 72.1. The summed E-state index contributed by atoms with van der Waals surface area (Å²) in [4.78, 5) is 78.7. The minimum Gasteiger partial charge on any atom is -0.379 e. The molecule has 0 radical (unpaired) electrons. The molecule has 2 heterocycles. The molecule has 97 heavy (non-hydrogen) atoms. The van der Waals surface area contributed by atoms with Crippen LogP contribution in [0.5, 0.6) is 0 Å². The fraction of sp³-hybridized carbons (Fsp3) is 0.905. The Balaban J connectivity index is 1.09. The third-order valence-corrected chi connectivity index (χ3v) is 12.6. The molecule has 0 saturated carbocycles. The molecule has 2 rings (SSSR count). The molecule has 0 aromatic carbocycles. The minimum absolute atomic E-state index is 0.0501. The monoisotopic (exact) mass is 1410 g/mol. The van der Waals surface area contributed by atoms with E-state index in [9.17, 15) is 28.8 Å². The smallest absolute Gasteiger partial charge is 0.335 e. The van der Waals surface area contributed by atoms with Crippen LogP contribution in [0.15, 0.2) is 0 Å². The van der Waals surface area contributed by atoms with Crippen molar-refractivity contribution in [2.24, 2.45) is 0 Å². The third kappa shape index (κ3) is 61.8. The van der Waals surface area contributed by atoms with Crippen molar-refractivity contribution in [3.8, 4) is 0 Å². The summed E-state index contributed by atoms with van der Waals surface area (Å²) in [6, 6.07) is 0. The summed E-state index contributed by atoms with van der Waals surface area (Å²) in [6.45, 7) is 21.3. The van der Waals surface area contributed by atoms with Gasteiger partial charge in [0.2, 0.25) is 0 Å². The highest BCUT2D eigenvalue weighted by Gasteiger charge is 2.33. The molecular formula is C63H114N2O32. The Morgan fingerprint density at radius 1 is 0.186 bits per heavy atom. The maximum Gasteiger partial charge on any atom is 0.335 e. The quantitative estimate of drug-likeness (QED) is 0.0593. The van der Waals surface area contributed by atoms with Gasteiger partial charge in [-0.05, 0) is 19.3 Å². The number of imide groups is 2. The Morgan fingerprint density at radius 2 is 0.309 bits per heavy atom. The van der Waals surface area contributed by atoms with Crippen LogP contribution >= 0.6 is 0 Å². The molecule has 34 heteroatoms. The lowest BCUT2D eigenvalue weighted by Gasteiger charge is -2.12. The van der Waals surface area contributed by atoms with Crippen LogP contribution in [0.4, 0.5) is 0 Å². The highest BCUT2D eigenvalue weighted by atomic mass is 16.7. The van der Waals surface area contributed by atoms with Gasteiger partial charge in [-0.15, -0.1) is 10.1 Å². The largest absolute Gasteiger partial charge is 0.379 e. The van der Waals surface area contributed by atoms with Crippen molar-refractivity contribution in [2.45, 2.75) is 57.8 Å². The average Bonchev–Trinajstić information content (AvgIpc) is 2.08. The SMILES string of the molecule is O=C(CCOCCOCCOCCOCCOCCOCCCCCOCCOCCOCCOCCOCCOCCOCCOCCOCCOCCOCCOCCOCCOCCOCCOCCOCCOCCC(=O)ON1C(=O)CCC1=O)ON1C(=O)CCC1=O. The molecule has 0 unspecified atom stereocenters. The third-order valence-electron chi connectivity index (χ3n) is 12.6. The summed E-state index contributed by atoms with van der Waals surface area (Å²) in [7, 11) is 0. The van der Waals surface area contributed by atoms with E-state index in [0.717, 1.165) is 19.3 Å². The van der Waals surface area contributed by atoms with Crippen molar-refractivity contribution >= 4 is 35.6 Å². The maximum absolute atomic E-state index is 11.7. The van der Waals surface area contributed by atoms with E-state index in [1.165, 1.54) is 0 Å². The zero-order valence-corrected chi connectivity index (χ0v) is 57.3. The van der Waals surface area contributed by atoms with E-state index in [-0.39, 0.29) is 65.0 Å². The van der Waals surface area contributed by atoms with Crippen LogP contribution in [0.25, 0.3) is 0 Å². The number of carbonyl (C=O) groups excluding carboxylic acids is 6. The van der Waals surface area contributed by atoms with Gasteiger partial charge >= 0.3 is 11.9 Å². The van der Waals surface area contributed by atoms with E-state index < -0.39 is 35.6 Å². The summed E-state index contributed by atoms with van der Waals surface area (Å²) < 4.78 is 132. The van der Waals surface area contributed by atoms with Gasteiger partial charge in [0.25, 0.3) is 23.6 Å². The first-order chi connectivity index (χ1) is 47.9. The standard InChI is InChI=1S/C63H114N2O32/c66-58-4-5-59(67)64(58)96-62(70)8-12-74-16-20-78-24-28-82-32-30-80-26-22-76-18-14-72-10-2-1-3-11-73-15-19-77-23-27-81-31-34-84-36-38-86-40-42-88-44-46-90-48-50-92-52-54-94-56-57-95-55-53-93-51-49-91-47-45-89-43-41-87-39-37-85-35-33-83-29-25-79-21-17-75-13-9-63(71)97-65-60(68)6-7-61(65)69/h1-57H2. The molecule has 34 nitrogen and oxygen atoms in total. The van der Waals surface area contributed by atoms with Crippen LogP contribution in [-0.4, -0.2) is 363 Å². The molecule has 2 fully saturated rings. The lowest BCUT2D eigenvalue weighted by molar-refractivity contribution is -0.198. The Labute approximate surface area is 571 Å². The summed E-state index contributed by atoms with van der Waals surface area (Å²) in [6.07, 6.45) is 2.98. The van der Waals surface area contributed by atoms with E-state index in [2.05, 4.69) is 0 Å². The van der Waals surface area contributed by atoms with Crippen molar-refractivity contribution in [3.63, 3.8) is 0 Å². The Kier molecular flexibility index (Phi) is 66.4. The molecule has 0 aliphatic carbocycles. The van der Waals surface area contributed by atoms with E-state index in [1.54, 1.807) is 0 Å². The summed E-state index contributed by atoms with van der Waals surface area (Å²) in [5, 5.41) is 1.03. The molecule has 4 amide bonds. The molecule has 0 aromatic rings. The second-order valence-corrected chi connectivity index (χ2v) is 20.3. The molecule has 2 aliphatic rings. The fourth-order valence-electron chi connectivity index (χ4n) is 7.55. The van der Waals surface area contributed by atoms with E-state index in [0.29, 0.717) is 301 Å². The highest BCUT2D eigenvalue weighted by Crippen LogP contribution is 2.14. The normalized spacial score (nSPS) is 13.4. The predicted octanol–water partition coefficient (Wildman–Crippen LogP) is 0.550. The number of amides is 4. The average molecular weight is 1410 g/mol. The van der Waals surface area contributed by atoms with Crippen LogP contribution in [0.3, 0.4) is 0 Å². The lowest BCUT2D eigenvalue weighted by Crippen LogP contribution is -2.32. The topological polar surface area (TPSA) is 349 Å². The molecular weight excluding hydrogens is 1300 g/mol. The predicted molar refractivity (Wildman–Crippen MR) is 337 cm³/mol. The first-order valence-electron chi connectivity index (χ1n) is 33.9. The first kappa shape index (κ1) is 89.3. The molecule has 0 N–H and O–H groups in total. The Hall–Kier alpha value is -3.74. The van der Waals surface area contributed by atoms with Crippen molar-refractivity contribution in [1.29, 1.82) is 0 Å². The van der Waals surface area contributed by atoms with E-state index >= 15 is 0 Å². The van der Waals surface area contributed by atoms with Crippen molar-refractivity contribution in [2.75, 3.05) is 317 Å². The van der Waals surface area contributed by atoms with Gasteiger partial charge in [-0.2, -0.15) is 0 Å². The van der Waals surface area contributed by atoms with Crippen molar-refractivity contribution in [3.05, 3.63) is 0 Å². The summed E-state index contributed by atoms with van der Waals surface area (Å²) in [5.74, 6) is -3.47. The van der Waals surface area contributed by atoms with Gasteiger partial charge in [-0.3, -0.25) is 19.2 Å². The molecule has 2 aliphatic heterocycles. The van der Waals surface area contributed by atoms with Crippen molar-refractivity contribution in [1.82, 2.24) is 10.1 Å². The number of hydroxylamine groups is 4. The van der Waals surface area contributed by atoms with Gasteiger partial charge in [0.1, 0.15) is 0 Å². The van der Waals surface area contributed by atoms with Crippen LogP contribution in [-0.2, 0) is 152 Å². The number of rotatable bonds is 80.